The number of methoxy groups -OCH3 is 2. The summed E-state index contributed by atoms with van der Waals surface area (Å²) < 4.78 is 15.8. The van der Waals surface area contributed by atoms with Crippen molar-refractivity contribution in [3.05, 3.63) is 18.2 Å². The van der Waals surface area contributed by atoms with Gasteiger partial charge in [-0.1, -0.05) is 0 Å². The Kier molecular flexibility index (Phi) is 6.88. The van der Waals surface area contributed by atoms with E-state index in [4.69, 9.17) is 19.5 Å². The van der Waals surface area contributed by atoms with Crippen LogP contribution in [0.3, 0.4) is 0 Å². The van der Waals surface area contributed by atoms with Gasteiger partial charge in [-0.2, -0.15) is 5.26 Å². The van der Waals surface area contributed by atoms with E-state index < -0.39 is 0 Å². The van der Waals surface area contributed by atoms with Crippen LogP contribution >= 0.6 is 0 Å². The van der Waals surface area contributed by atoms with Gasteiger partial charge in [0.05, 0.1) is 39.7 Å². The normalized spacial score (nSPS) is 9.62. The molecule has 1 amide bonds. The zero-order valence-electron chi connectivity index (χ0n) is 12.6. The van der Waals surface area contributed by atoms with Gasteiger partial charge in [0.2, 0.25) is 5.91 Å². The predicted molar refractivity (Wildman–Crippen MR) is 77.5 cm³/mol. The van der Waals surface area contributed by atoms with Gasteiger partial charge in [-0.05, 0) is 0 Å². The van der Waals surface area contributed by atoms with Crippen LogP contribution in [0.15, 0.2) is 18.2 Å². The van der Waals surface area contributed by atoms with Gasteiger partial charge >= 0.3 is 0 Å². The molecule has 0 saturated heterocycles. The van der Waals surface area contributed by atoms with Gasteiger partial charge in [0, 0.05) is 31.8 Å². The van der Waals surface area contributed by atoms with Crippen molar-refractivity contribution < 1.29 is 19.0 Å². The van der Waals surface area contributed by atoms with Gasteiger partial charge in [0.15, 0.2) is 0 Å². The summed E-state index contributed by atoms with van der Waals surface area (Å²) in [5.41, 5.74) is 0. The SMILES string of the molecule is COc1cc(OC)cc(OCCC(=O)N(C)CCC#N)c1. The van der Waals surface area contributed by atoms with Crippen molar-refractivity contribution in [3.63, 3.8) is 0 Å². The molecule has 0 aliphatic rings. The summed E-state index contributed by atoms with van der Waals surface area (Å²) in [6, 6.07) is 7.21. The number of nitrogens with zero attached hydrogens (tertiary/aromatic N) is 2. The van der Waals surface area contributed by atoms with E-state index in [-0.39, 0.29) is 18.9 Å². The first-order valence-electron chi connectivity index (χ1n) is 6.57. The zero-order valence-corrected chi connectivity index (χ0v) is 12.6. The summed E-state index contributed by atoms with van der Waals surface area (Å²) in [7, 11) is 4.80. The topological polar surface area (TPSA) is 71.8 Å². The van der Waals surface area contributed by atoms with Crippen LogP contribution in [0.2, 0.25) is 0 Å². The minimum Gasteiger partial charge on any atom is -0.496 e. The van der Waals surface area contributed by atoms with E-state index >= 15 is 0 Å². The summed E-state index contributed by atoms with van der Waals surface area (Å²) in [4.78, 5) is 13.3. The molecule has 6 heteroatoms. The predicted octanol–water partition coefficient (Wildman–Crippen LogP) is 1.84. The Morgan fingerprint density at radius 1 is 1.19 bits per heavy atom. The highest BCUT2D eigenvalue weighted by Crippen LogP contribution is 2.27. The molecule has 21 heavy (non-hydrogen) atoms. The largest absolute Gasteiger partial charge is 0.496 e. The van der Waals surface area contributed by atoms with E-state index in [9.17, 15) is 4.79 Å². The first-order chi connectivity index (χ1) is 10.1. The second-order valence-electron chi connectivity index (χ2n) is 4.37. The molecule has 1 aromatic carbocycles. The van der Waals surface area contributed by atoms with Crippen molar-refractivity contribution in [2.75, 3.05) is 34.4 Å². The number of nitriles is 1. The number of carbonyl (C=O) groups excluding carboxylic acids is 1. The molecule has 0 unspecified atom stereocenters. The number of benzene rings is 1. The Morgan fingerprint density at radius 2 is 1.76 bits per heavy atom. The maximum absolute atomic E-state index is 11.8. The molecule has 0 aliphatic heterocycles. The Hall–Kier alpha value is -2.42. The minimum absolute atomic E-state index is 0.0555. The first kappa shape index (κ1) is 16.6. The molecule has 6 nitrogen and oxygen atoms in total. The first-order valence-corrected chi connectivity index (χ1v) is 6.57. The van der Waals surface area contributed by atoms with Gasteiger partial charge in [0.25, 0.3) is 0 Å². The number of amides is 1. The van der Waals surface area contributed by atoms with Crippen LogP contribution in [0.1, 0.15) is 12.8 Å². The fraction of sp³-hybridized carbons (Fsp3) is 0.467. The highest BCUT2D eigenvalue weighted by molar-refractivity contribution is 5.76. The van der Waals surface area contributed by atoms with Crippen molar-refractivity contribution >= 4 is 5.91 Å². The van der Waals surface area contributed by atoms with Crippen molar-refractivity contribution in [1.82, 2.24) is 4.90 Å². The van der Waals surface area contributed by atoms with Crippen molar-refractivity contribution in [1.29, 1.82) is 5.26 Å². The smallest absolute Gasteiger partial charge is 0.225 e. The number of hydrogen-bond donors (Lipinski definition) is 0. The van der Waals surface area contributed by atoms with Gasteiger partial charge in [0.1, 0.15) is 17.2 Å². The molecule has 0 atom stereocenters. The molecule has 1 rings (SSSR count). The maximum Gasteiger partial charge on any atom is 0.225 e. The van der Waals surface area contributed by atoms with Gasteiger partial charge in [-0.15, -0.1) is 0 Å². The highest BCUT2D eigenvalue weighted by atomic mass is 16.5. The molecule has 0 aliphatic carbocycles. The van der Waals surface area contributed by atoms with Crippen molar-refractivity contribution in [2.24, 2.45) is 0 Å². The lowest BCUT2D eigenvalue weighted by Crippen LogP contribution is -2.28. The molecule has 0 heterocycles. The summed E-state index contributed by atoms with van der Waals surface area (Å²) in [6.07, 6.45) is 0.581. The van der Waals surface area contributed by atoms with E-state index in [0.717, 1.165) is 0 Å². The number of ether oxygens (including phenoxy) is 3. The second-order valence-corrected chi connectivity index (χ2v) is 4.37. The van der Waals surface area contributed by atoms with Gasteiger partial charge in [-0.3, -0.25) is 4.79 Å². The molecular formula is C15H20N2O4. The molecule has 0 spiro atoms. The van der Waals surface area contributed by atoms with Gasteiger partial charge in [-0.25, -0.2) is 0 Å². The highest BCUT2D eigenvalue weighted by Gasteiger charge is 2.09. The molecule has 0 radical (unpaired) electrons. The Balaban J connectivity index is 2.48. The molecule has 114 valence electrons. The fourth-order valence-electron chi connectivity index (χ4n) is 1.65. The van der Waals surface area contributed by atoms with Crippen LogP contribution in [0.5, 0.6) is 17.2 Å². The second kappa shape index (κ2) is 8.69. The van der Waals surface area contributed by atoms with Crippen LogP contribution in [0.25, 0.3) is 0 Å². The van der Waals surface area contributed by atoms with E-state index in [1.807, 2.05) is 6.07 Å². The van der Waals surface area contributed by atoms with Crippen LogP contribution < -0.4 is 14.2 Å². The average Bonchev–Trinajstić information content (AvgIpc) is 2.51. The summed E-state index contributed by atoms with van der Waals surface area (Å²) in [5, 5.41) is 8.48. The quantitative estimate of drug-likeness (QED) is 0.731. The third-order valence-electron chi connectivity index (χ3n) is 2.89. The maximum atomic E-state index is 11.8. The Labute approximate surface area is 124 Å². The Morgan fingerprint density at radius 3 is 2.29 bits per heavy atom. The zero-order chi connectivity index (χ0) is 15.7. The van der Waals surface area contributed by atoms with Crippen LogP contribution in [0.4, 0.5) is 0 Å². The van der Waals surface area contributed by atoms with E-state index in [0.29, 0.717) is 30.2 Å². The number of rotatable bonds is 8. The fourth-order valence-corrected chi connectivity index (χ4v) is 1.65. The molecule has 0 aromatic heterocycles. The minimum atomic E-state index is -0.0555. The molecule has 0 bridgehead atoms. The molecule has 0 fully saturated rings. The molecule has 0 saturated carbocycles. The third-order valence-corrected chi connectivity index (χ3v) is 2.89. The van der Waals surface area contributed by atoms with Crippen LogP contribution in [-0.2, 0) is 4.79 Å². The summed E-state index contributed by atoms with van der Waals surface area (Å²) >= 11 is 0. The van der Waals surface area contributed by atoms with E-state index in [1.54, 1.807) is 39.5 Å². The van der Waals surface area contributed by atoms with Crippen molar-refractivity contribution in [2.45, 2.75) is 12.8 Å². The number of hydrogen-bond acceptors (Lipinski definition) is 5. The van der Waals surface area contributed by atoms with E-state index in [2.05, 4.69) is 0 Å². The van der Waals surface area contributed by atoms with Crippen LogP contribution in [0, 0.1) is 11.3 Å². The monoisotopic (exact) mass is 292 g/mol. The van der Waals surface area contributed by atoms with Crippen LogP contribution in [-0.4, -0.2) is 45.2 Å². The summed E-state index contributed by atoms with van der Waals surface area (Å²) in [6.45, 7) is 0.689. The van der Waals surface area contributed by atoms with E-state index in [1.165, 1.54) is 4.90 Å². The lowest BCUT2D eigenvalue weighted by atomic mass is 10.3. The standard InChI is InChI=1S/C15H20N2O4/c1-17(7-4-6-16)15(18)5-8-21-14-10-12(19-2)9-13(11-14)20-3/h9-11H,4-5,7-8H2,1-3H3. The molecule has 0 N–H and O–H groups in total. The number of carbonyl (C=O) groups is 1. The lowest BCUT2D eigenvalue weighted by molar-refractivity contribution is -0.130. The third kappa shape index (κ3) is 5.61. The summed E-state index contributed by atoms with van der Waals surface area (Å²) in [5.74, 6) is 1.78. The van der Waals surface area contributed by atoms with Gasteiger partial charge < -0.3 is 19.1 Å². The molecule has 1 aromatic rings. The lowest BCUT2D eigenvalue weighted by Gasteiger charge is -2.15. The van der Waals surface area contributed by atoms with Crippen molar-refractivity contribution in [3.8, 4) is 23.3 Å². The Bertz CT molecular complexity index is 489. The average molecular weight is 292 g/mol. The molecular weight excluding hydrogens is 272 g/mol.